The van der Waals surface area contributed by atoms with Gasteiger partial charge in [-0.3, -0.25) is 4.79 Å². The largest absolute Gasteiger partial charge is 0.368 e. The quantitative estimate of drug-likeness (QED) is 0.888. The fraction of sp³-hybridized carbons (Fsp3) is 0.500. The number of nitrogens with one attached hydrogen (secondary N) is 2. The van der Waals surface area contributed by atoms with Gasteiger partial charge in [0.15, 0.2) is 5.82 Å². The molecule has 0 fully saturated rings. The van der Waals surface area contributed by atoms with Crippen molar-refractivity contribution in [3.05, 3.63) is 24.2 Å². The smallest absolute Gasteiger partial charge is 0.221 e. The van der Waals surface area contributed by atoms with Gasteiger partial charge in [0.2, 0.25) is 5.91 Å². The Bertz CT molecular complexity index is 612. The number of rotatable bonds is 4. The van der Waals surface area contributed by atoms with Crippen LogP contribution in [0.15, 0.2) is 18.5 Å². The summed E-state index contributed by atoms with van der Waals surface area (Å²) >= 11 is 0. The third-order valence-corrected chi connectivity index (χ3v) is 3.08. The normalized spacial score (nSPS) is 11.6. The summed E-state index contributed by atoms with van der Waals surface area (Å²) in [7, 11) is 1.63. The standard InChI is InChI=1S/C14H21N5O/c1-14(2,3)11-9-10-13(16-6-5-12(20)15-4)17-7-8-19(10)18-11/h7-9H,5-6H2,1-4H3,(H,15,20)(H,16,17). The third-order valence-electron chi connectivity index (χ3n) is 3.08. The fourth-order valence-corrected chi connectivity index (χ4v) is 1.84. The summed E-state index contributed by atoms with van der Waals surface area (Å²) in [6.45, 7) is 6.92. The monoisotopic (exact) mass is 275 g/mol. The van der Waals surface area contributed by atoms with E-state index in [0.717, 1.165) is 17.0 Å². The maximum absolute atomic E-state index is 11.2. The summed E-state index contributed by atoms with van der Waals surface area (Å²) in [6.07, 6.45) is 3.95. The van der Waals surface area contributed by atoms with E-state index in [0.29, 0.717) is 13.0 Å². The molecule has 6 nitrogen and oxygen atoms in total. The number of aromatic nitrogens is 3. The second kappa shape index (κ2) is 5.48. The van der Waals surface area contributed by atoms with Gasteiger partial charge < -0.3 is 10.6 Å². The molecular formula is C14H21N5O. The maximum atomic E-state index is 11.2. The van der Waals surface area contributed by atoms with Crippen LogP contribution in [-0.2, 0) is 10.2 Å². The zero-order valence-electron chi connectivity index (χ0n) is 12.4. The number of fused-ring (bicyclic) bond motifs is 1. The molecule has 2 aromatic rings. The molecular weight excluding hydrogens is 254 g/mol. The lowest BCUT2D eigenvalue weighted by Crippen LogP contribution is -2.21. The van der Waals surface area contributed by atoms with Crippen molar-refractivity contribution in [1.29, 1.82) is 0 Å². The van der Waals surface area contributed by atoms with E-state index >= 15 is 0 Å². The van der Waals surface area contributed by atoms with Crippen molar-refractivity contribution in [2.24, 2.45) is 0 Å². The third kappa shape index (κ3) is 3.07. The van der Waals surface area contributed by atoms with Gasteiger partial charge in [0.05, 0.1) is 5.69 Å². The zero-order valence-corrected chi connectivity index (χ0v) is 12.4. The number of carbonyl (C=O) groups excluding carboxylic acids is 1. The van der Waals surface area contributed by atoms with E-state index in [1.807, 2.05) is 16.8 Å². The van der Waals surface area contributed by atoms with Crippen molar-refractivity contribution in [1.82, 2.24) is 19.9 Å². The molecule has 2 aromatic heterocycles. The van der Waals surface area contributed by atoms with Gasteiger partial charge in [-0.25, -0.2) is 9.50 Å². The highest BCUT2D eigenvalue weighted by molar-refractivity contribution is 5.76. The zero-order chi connectivity index (χ0) is 14.8. The molecule has 6 heteroatoms. The second-order valence-corrected chi connectivity index (χ2v) is 5.74. The number of amides is 1. The lowest BCUT2D eigenvalue weighted by molar-refractivity contribution is -0.120. The van der Waals surface area contributed by atoms with Crippen LogP contribution in [0.25, 0.3) is 5.52 Å². The summed E-state index contributed by atoms with van der Waals surface area (Å²) < 4.78 is 1.82. The summed E-state index contributed by atoms with van der Waals surface area (Å²) in [5, 5.41) is 10.3. The molecule has 0 aromatic carbocycles. The van der Waals surface area contributed by atoms with Gasteiger partial charge >= 0.3 is 0 Å². The van der Waals surface area contributed by atoms with E-state index in [2.05, 4.69) is 41.5 Å². The molecule has 0 aliphatic carbocycles. The first-order chi connectivity index (χ1) is 9.41. The number of nitrogens with zero attached hydrogens (tertiary/aromatic N) is 3. The van der Waals surface area contributed by atoms with Crippen LogP contribution in [0.3, 0.4) is 0 Å². The minimum Gasteiger partial charge on any atom is -0.368 e. The lowest BCUT2D eigenvalue weighted by Gasteiger charge is -2.13. The minimum atomic E-state index is -0.00855. The van der Waals surface area contributed by atoms with E-state index in [4.69, 9.17) is 0 Å². The molecule has 0 saturated heterocycles. The molecule has 1 amide bonds. The van der Waals surface area contributed by atoms with Crippen molar-refractivity contribution < 1.29 is 4.79 Å². The van der Waals surface area contributed by atoms with Crippen LogP contribution in [0, 0.1) is 0 Å². The average Bonchev–Trinajstić information content (AvgIpc) is 2.83. The molecule has 0 atom stereocenters. The summed E-state index contributed by atoms with van der Waals surface area (Å²) in [5.74, 6) is 0.757. The summed E-state index contributed by atoms with van der Waals surface area (Å²) in [5.41, 5.74) is 1.93. The van der Waals surface area contributed by atoms with Gasteiger partial charge in [-0.15, -0.1) is 0 Å². The molecule has 0 aliphatic heterocycles. The predicted octanol–water partition coefficient (Wildman–Crippen LogP) is 1.57. The van der Waals surface area contributed by atoms with Crippen molar-refractivity contribution in [3.8, 4) is 0 Å². The molecule has 0 radical (unpaired) electrons. The maximum Gasteiger partial charge on any atom is 0.221 e. The van der Waals surface area contributed by atoms with E-state index < -0.39 is 0 Å². The Labute approximate surface area is 118 Å². The molecule has 2 heterocycles. The highest BCUT2D eigenvalue weighted by atomic mass is 16.1. The molecule has 0 spiro atoms. The Morgan fingerprint density at radius 2 is 2.15 bits per heavy atom. The van der Waals surface area contributed by atoms with Crippen LogP contribution >= 0.6 is 0 Å². The molecule has 0 unspecified atom stereocenters. The Morgan fingerprint density at radius 3 is 2.80 bits per heavy atom. The number of carbonyl (C=O) groups is 1. The number of hydrogen-bond acceptors (Lipinski definition) is 4. The Hall–Kier alpha value is -2.11. The van der Waals surface area contributed by atoms with Crippen LogP contribution in [0.4, 0.5) is 5.82 Å². The van der Waals surface area contributed by atoms with Gasteiger partial charge in [-0.05, 0) is 6.07 Å². The first-order valence-corrected chi connectivity index (χ1v) is 6.71. The molecule has 0 saturated carbocycles. The van der Waals surface area contributed by atoms with Crippen molar-refractivity contribution in [2.75, 3.05) is 18.9 Å². The van der Waals surface area contributed by atoms with Crippen LogP contribution in [0.2, 0.25) is 0 Å². The van der Waals surface area contributed by atoms with Gasteiger partial charge in [0, 0.05) is 37.8 Å². The second-order valence-electron chi connectivity index (χ2n) is 5.74. The molecule has 20 heavy (non-hydrogen) atoms. The Kier molecular flexibility index (Phi) is 3.92. The molecule has 2 N–H and O–H groups in total. The Morgan fingerprint density at radius 1 is 1.40 bits per heavy atom. The lowest BCUT2D eigenvalue weighted by atomic mass is 9.92. The van der Waals surface area contributed by atoms with E-state index in [1.54, 1.807) is 13.2 Å². The number of anilines is 1. The van der Waals surface area contributed by atoms with Crippen LogP contribution in [0.5, 0.6) is 0 Å². The van der Waals surface area contributed by atoms with Crippen molar-refractivity contribution in [3.63, 3.8) is 0 Å². The first-order valence-electron chi connectivity index (χ1n) is 6.71. The molecule has 0 aliphatic rings. The van der Waals surface area contributed by atoms with E-state index in [-0.39, 0.29) is 11.3 Å². The van der Waals surface area contributed by atoms with E-state index in [9.17, 15) is 4.79 Å². The molecule has 2 rings (SSSR count). The topological polar surface area (TPSA) is 71.3 Å². The summed E-state index contributed by atoms with van der Waals surface area (Å²) in [4.78, 5) is 15.5. The van der Waals surface area contributed by atoms with Gasteiger partial charge in [0.25, 0.3) is 0 Å². The van der Waals surface area contributed by atoms with Gasteiger partial charge in [-0.1, -0.05) is 20.8 Å². The minimum absolute atomic E-state index is 0.00772. The number of hydrogen-bond donors (Lipinski definition) is 2. The Balaban J connectivity index is 2.21. The van der Waals surface area contributed by atoms with Crippen molar-refractivity contribution in [2.45, 2.75) is 32.6 Å². The van der Waals surface area contributed by atoms with Gasteiger partial charge in [0.1, 0.15) is 5.52 Å². The van der Waals surface area contributed by atoms with Crippen LogP contribution in [-0.4, -0.2) is 34.1 Å². The van der Waals surface area contributed by atoms with Crippen molar-refractivity contribution >= 4 is 17.2 Å². The highest BCUT2D eigenvalue weighted by Gasteiger charge is 2.18. The van der Waals surface area contributed by atoms with E-state index in [1.165, 1.54) is 0 Å². The molecule has 0 bridgehead atoms. The van der Waals surface area contributed by atoms with Crippen LogP contribution in [0.1, 0.15) is 32.9 Å². The first kappa shape index (κ1) is 14.3. The summed E-state index contributed by atoms with van der Waals surface area (Å²) in [6, 6.07) is 2.04. The average molecular weight is 275 g/mol. The van der Waals surface area contributed by atoms with Crippen LogP contribution < -0.4 is 10.6 Å². The highest BCUT2D eigenvalue weighted by Crippen LogP contribution is 2.24. The predicted molar refractivity (Wildman–Crippen MR) is 78.9 cm³/mol. The fourth-order valence-electron chi connectivity index (χ4n) is 1.84. The SMILES string of the molecule is CNC(=O)CCNc1nccn2nc(C(C)(C)C)cc12. The molecule has 108 valence electrons. The van der Waals surface area contributed by atoms with Gasteiger partial charge in [-0.2, -0.15) is 5.10 Å².